The minimum absolute atomic E-state index is 0.0996. The maximum atomic E-state index is 12.4. The van der Waals surface area contributed by atoms with Crippen LogP contribution in [0.2, 0.25) is 0 Å². The van der Waals surface area contributed by atoms with Crippen molar-refractivity contribution in [2.45, 2.75) is 26.5 Å². The first-order valence-electron chi connectivity index (χ1n) is 9.32. The molecule has 7 nitrogen and oxygen atoms in total. The number of amides is 1. The molecular formula is C22H24N4O3. The van der Waals surface area contributed by atoms with Gasteiger partial charge in [0.15, 0.2) is 5.69 Å². The summed E-state index contributed by atoms with van der Waals surface area (Å²) in [5.74, 6) is 1.83. The third kappa shape index (κ3) is 5.93. The summed E-state index contributed by atoms with van der Waals surface area (Å²) in [5, 5.41) is 14.0. The Kier molecular flexibility index (Phi) is 6.63. The highest BCUT2D eigenvalue weighted by Crippen LogP contribution is 2.17. The zero-order chi connectivity index (χ0) is 20.6. The van der Waals surface area contributed by atoms with Gasteiger partial charge in [0.2, 0.25) is 0 Å². The number of benzene rings is 2. The number of aromatic nitrogens is 2. The van der Waals surface area contributed by atoms with Crippen molar-refractivity contribution in [3.8, 4) is 11.5 Å². The third-order valence-electron chi connectivity index (χ3n) is 4.01. The van der Waals surface area contributed by atoms with Crippen LogP contribution >= 0.6 is 0 Å². The summed E-state index contributed by atoms with van der Waals surface area (Å²) in [6.45, 7) is 4.52. The van der Waals surface area contributed by atoms with Crippen LogP contribution < -0.4 is 20.1 Å². The fourth-order valence-electron chi connectivity index (χ4n) is 2.57. The molecule has 1 amide bonds. The molecule has 29 heavy (non-hydrogen) atoms. The molecule has 150 valence electrons. The largest absolute Gasteiger partial charge is 0.497 e. The second-order valence-corrected chi connectivity index (χ2v) is 6.65. The molecule has 2 aromatic carbocycles. The highest BCUT2D eigenvalue weighted by molar-refractivity contribution is 6.02. The standard InChI is InChI=1S/C22H24N4O3/c1-15(2)29-19-10-6-17(7-11-19)24-22(27)20-12-13-21(26-25-20)23-14-16-4-8-18(28-3)9-5-16/h4-13,15H,14H2,1-3H3,(H,23,26)(H,24,27). The van der Waals surface area contributed by atoms with Crippen LogP contribution in [0, 0.1) is 0 Å². The molecule has 0 spiro atoms. The van der Waals surface area contributed by atoms with Crippen molar-refractivity contribution in [2.24, 2.45) is 0 Å². The Morgan fingerprint density at radius 1 is 0.931 bits per heavy atom. The normalized spacial score (nSPS) is 10.5. The van der Waals surface area contributed by atoms with Crippen LogP contribution in [0.5, 0.6) is 11.5 Å². The van der Waals surface area contributed by atoms with Crippen molar-refractivity contribution in [2.75, 3.05) is 17.7 Å². The first-order chi connectivity index (χ1) is 14.0. The molecule has 0 aliphatic heterocycles. The summed E-state index contributed by atoms with van der Waals surface area (Å²) >= 11 is 0. The highest BCUT2D eigenvalue weighted by atomic mass is 16.5. The van der Waals surface area contributed by atoms with Gasteiger partial charge in [-0.2, -0.15) is 0 Å². The van der Waals surface area contributed by atoms with Gasteiger partial charge < -0.3 is 20.1 Å². The minimum atomic E-state index is -0.322. The van der Waals surface area contributed by atoms with Crippen molar-refractivity contribution < 1.29 is 14.3 Å². The smallest absolute Gasteiger partial charge is 0.276 e. The minimum Gasteiger partial charge on any atom is -0.497 e. The number of carbonyl (C=O) groups excluding carboxylic acids is 1. The predicted molar refractivity (Wildman–Crippen MR) is 113 cm³/mol. The fourth-order valence-corrected chi connectivity index (χ4v) is 2.57. The lowest BCUT2D eigenvalue weighted by molar-refractivity contribution is 0.102. The molecular weight excluding hydrogens is 368 g/mol. The van der Waals surface area contributed by atoms with E-state index in [2.05, 4.69) is 20.8 Å². The van der Waals surface area contributed by atoms with Gasteiger partial charge in [-0.1, -0.05) is 12.1 Å². The topological polar surface area (TPSA) is 85.4 Å². The number of rotatable bonds is 8. The third-order valence-corrected chi connectivity index (χ3v) is 4.01. The summed E-state index contributed by atoms with van der Waals surface area (Å²) in [6, 6.07) is 18.3. The number of carbonyl (C=O) groups is 1. The van der Waals surface area contributed by atoms with Gasteiger partial charge in [-0.05, 0) is 67.9 Å². The molecule has 0 saturated carbocycles. The lowest BCUT2D eigenvalue weighted by Crippen LogP contribution is -2.15. The molecule has 3 rings (SSSR count). The Balaban J connectivity index is 1.54. The highest BCUT2D eigenvalue weighted by Gasteiger charge is 2.09. The number of ether oxygens (including phenoxy) is 2. The predicted octanol–water partition coefficient (Wildman–Crippen LogP) is 4.14. The van der Waals surface area contributed by atoms with E-state index >= 15 is 0 Å². The van der Waals surface area contributed by atoms with Crippen LogP contribution in [0.15, 0.2) is 60.7 Å². The van der Waals surface area contributed by atoms with E-state index in [9.17, 15) is 4.79 Å². The lowest BCUT2D eigenvalue weighted by Gasteiger charge is -2.10. The van der Waals surface area contributed by atoms with Crippen molar-refractivity contribution in [1.82, 2.24) is 10.2 Å². The van der Waals surface area contributed by atoms with Gasteiger partial charge in [0.05, 0.1) is 13.2 Å². The summed E-state index contributed by atoms with van der Waals surface area (Å²) in [4.78, 5) is 12.4. The van der Waals surface area contributed by atoms with E-state index in [1.165, 1.54) is 0 Å². The zero-order valence-corrected chi connectivity index (χ0v) is 16.7. The quantitative estimate of drug-likeness (QED) is 0.599. The number of nitrogens with zero attached hydrogens (tertiary/aromatic N) is 2. The molecule has 0 saturated heterocycles. The number of anilines is 2. The van der Waals surface area contributed by atoms with Crippen LogP contribution in [0.1, 0.15) is 29.9 Å². The molecule has 0 bridgehead atoms. The van der Waals surface area contributed by atoms with Gasteiger partial charge in [0.25, 0.3) is 5.91 Å². The van der Waals surface area contributed by atoms with Crippen molar-refractivity contribution in [3.05, 3.63) is 71.9 Å². The molecule has 7 heteroatoms. The Bertz CT molecular complexity index is 924. The van der Waals surface area contributed by atoms with Crippen molar-refractivity contribution in [3.63, 3.8) is 0 Å². The summed E-state index contributed by atoms with van der Waals surface area (Å²) < 4.78 is 10.7. The first kappa shape index (κ1) is 20.1. The second kappa shape index (κ2) is 9.54. The van der Waals surface area contributed by atoms with E-state index in [1.54, 1.807) is 31.4 Å². The second-order valence-electron chi connectivity index (χ2n) is 6.65. The average molecular weight is 392 g/mol. The molecule has 1 heterocycles. The van der Waals surface area contributed by atoms with Gasteiger partial charge in [-0.25, -0.2) is 0 Å². The van der Waals surface area contributed by atoms with Crippen LogP contribution in [0.4, 0.5) is 11.5 Å². The van der Waals surface area contributed by atoms with Crippen molar-refractivity contribution in [1.29, 1.82) is 0 Å². The molecule has 1 aromatic heterocycles. The van der Waals surface area contributed by atoms with E-state index in [0.717, 1.165) is 17.1 Å². The van der Waals surface area contributed by atoms with Crippen LogP contribution in [0.3, 0.4) is 0 Å². The van der Waals surface area contributed by atoms with Crippen LogP contribution in [0.25, 0.3) is 0 Å². The first-order valence-corrected chi connectivity index (χ1v) is 9.32. The number of methoxy groups -OCH3 is 1. The summed E-state index contributed by atoms with van der Waals surface area (Å²) in [7, 11) is 1.64. The fraction of sp³-hybridized carbons (Fsp3) is 0.227. The van der Waals surface area contributed by atoms with Crippen LogP contribution in [-0.4, -0.2) is 29.3 Å². The Hall–Kier alpha value is -3.61. The monoisotopic (exact) mass is 392 g/mol. The van der Waals surface area contributed by atoms with E-state index in [1.807, 2.05) is 50.2 Å². The maximum Gasteiger partial charge on any atom is 0.276 e. The van der Waals surface area contributed by atoms with E-state index in [4.69, 9.17) is 9.47 Å². The summed E-state index contributed by atoms with van der Waals surface area (Å²) in [5.41, 5.74) is 1.98. The number of nitrogens with one attached hydrogen (secondary N) is 2. The van der Waals surface area contributed by atoms with Crippen LogP contribution in [-0.2, 0) is 6.54 Å². The van der Waals surface area contributed by atoms with E-state index < -0.39 is 0 Å². The molecule has 0 radical (unpaired) electrons. The Morgan fingerprint density at radius 2 is 1.62 bits per heavy atom. The molecule has 0 unspecified atom stereocenters. The van der Waals surface area contributed by atoms with Gasteiger partial charge >= 0.3 is 0 Å². The van der Waals surface area contributed by atoms with Gasteiger partial charge in [0, 0.05) is 12.2 Å². The molecule has 0 aliphatic rings. The Labute approximate surface area is 170 Å². The SMILES string of the molecule is COc1ccc(CNc2ccc(C(=O)Nc3ccc(OC(C)C)cc3)nn2)cc1. The average Bonchev–Trinajstić information content (AvgIpc) is 2.74. The van der Waals surface area contributed by atoms with Gasteiger partial charge in [0.1, 0.15) is 17.3 Å². The molecule has 3 aromatic rings. The molecule has 2 N–H and O–H groups in total. The summed E-state index contributed by atoms with van der Waals surface area (Å²) in [6.07, 6.45) is 0.0996. The molecule has 0 fully saturated rings. The number of hydrogen-bond donors (Lipinski definition) is 2. The van der Waals surface area contributed by atoms with E-state index in [-0.39, 0.29) is 17.7 Å². The molecule has 0 aliphatic carbocycles. The maximum absolute atomic E-state index is 12.4. The van der Waals surface area contributed by atoms with E-state index in [0.29, 0.717) is 18.1 Å². The molecule has 0 atom stereocenters. The lowest BCUT2D eigenvalue weighted by atomic mass is 10.2. The van der Waals surface area contributed by atoms with Crippen molar-refractivity contribution >= 4 is 17.4 Å². The van der Waals surface area contributed by atoms with Gasteiger partial charge in [-0.3, -0.25) is 4.79 Å². The number of hydrogen-bond acceptors (Lipinski definition) is 6. The van der Waals surface area contributed by atoms with Gasteiger partial charge in [-0.15, -0.1) is 10.2 Å². The zero-order valence-electron chi connectivity index (χ0n) is 16.7. The Morgan fingerprint density at radius 3 is 2.21 bits per heavy atom.